The largest absolute Gasteiger partial charge is 0.301 e. The summed E-state index contributed by atoms with van der Waals surface area (Å²) in [6.45, 7) is 7.84. The van der Waals surface area contributed by atoms with Crippen LogP contribution < -0.4 is 5.14 Å². The van der Waals surface area contributed by atoms with Crippen LogP contribution in [0.2, 0.25) is 0 Å². The van der Waals surface area contributed by atoms with Gasteiger partial charge in [-0.05, 0) is 36.7 Å². The second-order valence-corrected chi connectivity index (χ2v) is 6.85. The van der Waals surface area contributed by atoms with Crippen molar-refractivity contribution in [2.24, 2.45) is 5.14 Å². The van der Waals surface area contributed by atoms with Crippen molar-refractivity contribution in [3.05, 3.63) is 29.6 Å². The van der Waals surface area contributed by atoms with Crippen LogP contribution in [-0.4, -0.2) is 57.5 Å². The third kappa shape index (κ3) is 4.47. The quantitative estimate of drug-likeness (QED) is 0.866. The Morgan fingerprint density at radius 1 is 1.19 bits per heavy atom. The van der Waals surface area contributed by atoms with Gasteiger partial charge in [-0.3, -0.25) is 0 Å². The van der Waals surface area contributed by atoms with Gasteiger partial charge in [-0.1, -0.05) is 6.92 Å². The van der Waals surface area contributed by atoms with Crippen LogP contribution in [0.4, 0.5) is 4.39 Å². The first-order valence-corrected chi connectivity index (χ1v) is 8.70. The molecular formula is C14H22FN3O2S. The van der Waals surface area contributed by atoms with Gasteiger partial charge in [-0.15, -0.1) is 0 Å². The van der Waals surface area contributed by atoms with Gasteiger partial charge in [-0.25, -0.2) is 17.9 Å². The topological polar surface area (TPSA) is 66.6 Å². The number of halogens is 1. The first-order valence-electron chi connectivity index (χ1n) is 7.16. The second kappa shape index (κ2) is 6.83. The van der Waals surface area contributed by atoms with Crippen LogP contribution in [-0.2, 0) is 16.4 Å². The normalized spacial score (nSPS) is 18.0. The summed E-state index contributed by atoms with van der Waals surface area (Å²) in [6, 6.07) is 3.64. The van der Waals surface area contributed by atoms with E-state index < -0.39 is 15.8 Å². The van der Waals surface area contributed by atoms with Gasteiger partial charge in [0.1, 0.15) is 5.82 Å². The number of likely N-dealkylation sites (N-methyl/N-ethyl adjacent to an activating group) is 1. The zero-order valence-corrected chi connectivity index (χ0v) is 13.1. The summed E-state index contributed by atoms with van der Waals surface area (Å²) in [7, 11) is -3.81. The average Bonchev–Trinajstić information content (AvgIpc) is 2.44. The predicted molar refractivity (Wildman–Crippen MR) is 80.0 cm³/mol. The van der Waals surface area contributed by atoms with Crippen molar-refractivity contribution in [2.75, 3.05) is 39.3 Å². The lowest BCUT2D eigenvalue weighted by molar-refractivity contribution is 0.138. The number of rotatable bonds is 5. The van der Waals surface area contributed by atoms with E-state index in [0.717, 1.165) is 38.8 Å². The van der Waals surface area contributed by atoms with Crippen LogP contribution in [0.15, 0.2) is 23.1 Å². The molecule has 0 amide bonds. The number of primary sulfonamides is 1. The Morgan fingerprint density at radius 2 is 1.81 bits per heavy atom. The van der Waals surface area contributed by atoms with E-state index in [0.29, 0.717) is 18.5 Å². The van der Waals surface area contributed by atoms with Crippen LogP contribution in [0.25, 0.3) is 0 Å². The van der Waals surface area contributed by atoms with Gasteiger partial charge < -0.3 is 9.80 Å². The van der Waals surface area contributed by atoms with Gasteiger partial charge in [0.25, 0.3) is 0 Å². The smallest absolute Gasteiger partial charge is 0.238 e. The van der Waals surface area contributed by atoms with E-state index >= 15 is 0 Å². The Kier molecular flexibility index (Phi) is 5.32. The number of hydrogen-bond donors (Lipinski definition) is 1. The molecule has 5 nitrogen and oxygen atoms in total. The van der Waals surface area contributed by atoms with Crippen LogP contribution in [0.3, 0.4) is 0 Å². The SMILES string of the molecule is CCN1CCN(CCc2cc(F)ccc2S(N)(=O)=O)CC1. The van der Waals surface area contributed by atoms with Crippen molar-refractivity contribution < 1.29 is 12.8 Å². The summed E-state index contributed by atoms with van der Waals surface area (Å²) >= 11 is 0. The zero-order chi connectivity index (χ0) is 15.5. The fraction of sp³-hybridized carbons (Fsp3) is 0.571. The van der Waals surface area contributed by atoms with Gasteiger partial charge in [0.2, 0.25) is 10.0 Å². The van der Waals surface area contributed by atoms with Crippen molar-refractivity contribution in [3.8, 4) is 0 Å². The molecule has 0 saturated carbocycles. The molecule has 0 radical (unpaired) electrons. The van der Waals surface area contributed by atoms with E-state index in [1.807, 2.05) is 0 Å². The van der Waals surface area contributed by atoms with Crippen LogP contribution >= 0.6 is 0 Å². The van der Waals surface area contributed by atoms with Crippen molar-refractivity contribution in [1.82, 2.24) is 9.80 Å². The fourth-order valence-corrected chi connectivity index (χ4v) is 3.41. The molecule has 0 aliphatic carbocycles. The number of sulfonamides is 1. The van der Waals surface area contributed by atoms with E-state index in [9.17, 15) is 12.8 Å². The zero-order valence-electron chi connectivity index (χ0n) is 12.3. The molecule has 1 aromatic carbocycles. The Bertz CT molecular complexity index is 584. The lowest BCUT2D eigenvalue weighted by Crippen LogP contribution is -2.46. The maximum absolute atomic E-state index is 13.3. The molecule has 21 heavy (non-hydrogen) atoms. The molecule has 0 unspecified atom stereocenters. The van der Waals surface area contributed by atoms with E-state index in [4.69, 9.17) is 5.14 Å². The molecule has 118 valence electrons. The summed E-state index contributed by atoms with van der Waals surface area (Å²) in [5.41, 5.74) is 0.454. The molecule has 0 atom stereocenters. The third-order valence-corrected chi connectivity index (χ3v) is 4.95. The molecule has 1 saturated heterocycles. The molecule has 1 aliphatic heterocycles. The van der Waals surface area contributed by atoms with Crippen molar-refractivity contribution >= 4 is 10.0 Å². The van der Waals surface area contributed by atoms with Crippen LogP contribution in [0.5, 0.6) is 0 Å². The highest BCUT2D eigenvalue weighted by molar-refractivity contribution is 7.89. The molecule has 1 aromatic rings. The molecular weight excluding hydrogens is 293 g/mol. The molecule has 2 rings (SSSR count). The van der Waals surface area contributed by atoms with Gasteiger partial charge >= 0.3 is 0 Å². The summed E-state index contributed by atoms with van der Waals surface area (Å²) in [4.78, 5) is 4.66. The summed E-state index contributed by atoms with van der Waals surface area (Å²) in [5.74, 6) is -0.437. The van der Waals surface area contributed by atoms with E-state index in [1.165, 1.54) is 12.1 Å². The number of nitrogens with zero attached hydrogens (tertiary/aromatic N) is 2. The third-order valence-electron chi connectivity index (χ3n) is 3.94. The minimum atomic E-state index is -3.81. The molecule has 0 spiro atoms. The maximum Gasteiger partial charge on any atom is 0.238 e. The van der Waals surface area contributed by atoms with E-state index in [2.05, 4.69) is 16.7 Å². The fourth-order valence-electron chi connectivity index (χ4n) is 2.63. The standard InChI is InChI=1S/C14H22FN3O2S/c1-2-17-7-9-18(10-8-17)6-5-12-11-13(15)3-4-14(12)21(16,19)20/h3-4,11H,2,5-10H2,1H3,(H2,16,19,20). The maximum atomic E-state index is 13.3. The monoisotopic (exact) mass is 315 g/mol. The van der Waals surface area contributed by atoms with Gasteiger partial charge in [0, 0.05) is 32.7 Å². The van der Waals surface area contributed by atoms with Crippen molar-refractivity contribution in [2.45, 2.75) is 18.2 Å². The molecule has 2 N–H and O–H groups in total. The van der Waals surface area contributed by atoms with Gasteiger partial charge in [0.15, 0.2) is 0 Å². The highest BCUT2D eigenvalue weighted by Crippen LogP contribution is 2.17. The molecule has 1 fully saturated rings. The number of nitrogens with two attached hydrogens (primary N) is 1. The lowest BCUT2D eigenvalue weighted by Gasteiger charge is -2.34. The number of piperazine rings is 1. The summed E-state index contributed by atoms with van der Waals surface area (Å²) in [6.07, 6.45) is 0.482. The number of hydrogen-bond acceptors (Lipinski definition) is 4. The molecule has 0 bridgehead atoms. The molecule has 1 aliphatic rings. The second-order valence-electron chi connectivity index (χ2n) is 5.32. The highest BCUT2D eigenvalue weighted by atomic mass is 32.2. The molecule has 0 aromatic heterocycles. The van der Waals surface area contributed by atoms with E-state index in [1.54, 1.807) is 0 Å². The van der Waals surface area contributed by atoms with Crippen LogP contribution in [0.1, 0.15) is 12.5 Å². The Hall–Kier alpha value is -1.02. The first kappa shape index (κ1) is 16.4. The van der Waals surface area contributed by atoms with Gasteiger partial charge in [0.05, 0.1) is 4.90 Å². The Morgan fingerprint density at radius 3 is 2.38 bits per heavy atom. The Balaban J connectivity index is 2.02. The number of benzene rings is 1. The first-order chi connectivity index (χ1) is 9.90. The molecule has 7 heteroatoms. The highest BCUT2D eigenvalue weighted by Gasteiger charge is 2.18. The minimum Gasteiger partial charge on any atom is -0.301 e. The predicted octanol–water partition coefficient (Wildman–Crippen LogP) is 0.653. The van der Waals surface area contributed by atoms with Crippen molar-refractivity contribution in [3.63, 3.8) is 0 Å². The van der Waals surface area contributed by atoms with E-state index in [-0.39, 0.29) is 4.90 Å². The summed E-state index contributed by atoms with van der Waals surface area (Å²) < 4.78 is 36.4. The average molecular weight is 315 g/mol. The molecule has 1 heterocycles. The van der Waals surface area contributed by atoms with Gasteiger partial charge in [-0.2, -0.15) is 0 Å². The Labute approximate surface area is 125 Å². The summed E-state index contributed by atoms with van der Waals surface area (Å²) in [5, 5.41) is 5.18. The van der Waals surface area contributed by atoms with Crippen molar-refractivity contribution in [1.29, 1.82) is 0 Å². The lowest BCUT2D eigenvalue weighted by atomic mass is 10.1. The van der Waals surface area contributed by atoms with Crippen LogP contribution in [0, 0.1) is 5.82 Å². The minimum absolute atomic E-state index is 0.0242.